The molecule has 90 valence electrons. The fourth-order valence-electron chi connectivity index (χ4n) is 1.35. The predicted octanol–water partition coefficient (Wildman–Crippen LogP) is 1.01. The van der Waals surface area contributed by atoms with Crippen molar-refractivity contribution in [1.29, 1.82) is 0 Å². The van der Waals surface area contributed by atoms with E-state index in [1.165, 1.54) is 0 Å². The number of pyridine rings is 1. The molecule has 1 aromatic heterocycles. The molecule has 1 heterocycles. The van der Waals surface area contributed by atoms with Crippen molar-refractivity contribution in [2.45, 2.75) is 5.92 Å². The Hall–Kier alpha value is -1.75. The third-order valence-electron chi connectivity index (χ3n) is 2.17. The van der Waals surface area contributed by atoms with Crippen molar-refractivity contribution in [3.05, 3.63) is 42.7 Å². The van der Waals surface area contributed by atoms with Crippen LogP contribution in [0.2, 0.25) is 0 Å². The molecule has 0 aliphatic rings. The molecule has 0 aromatic carbocycles. The van der Waals surface area contributed by atoms with Gasteiger partial charge < -0.3 is 10.6 Å². The normalized spacial score (nSPS) is 11.4. The second-order valence-electron chi connectivity index (χ2n) is 3.34. The summed E-state index contributed by atoms with van der Waals surface area (Å²) in [6.07, 6.45) is 3.33. The zero-order valence-electron chi connectivity index (χ0n) is 9.64. The van der Waals surface area contributed by atoms with Gasteiger partial charge in [-0.1, -0.05) is 24.4 Å². The lowest BCUT2D eigenvalue weighted by Gasteiger charge is -2.16. The maximum absolute atomic E-state index is 11.8. The van der Waals surface area contributed by atoms with E-state index in [0.29, 0.717) is 17.2 Å². The molecule has 1 amide bonds. The Bertz CT molecular complexity index is 405. The van der Waals surface area contributed by atoms with E-state index in [1.807, 2.05) is 6.07 Å². The molecule has 5 heteroatoms. The molecule has 4 nitrogen and oxygen atoms in total. The quantitative estimate of drug-likeness (QED) is 0.604. The van der Waals surface area contributed by atoms with E-state index >= 15 is 0 Å². The van der Waals surface area contributed by atoms with Crippen LogP contribution in [0.5, 0.6) is 0 Å². The first-order valence-electron chi connectivity index (χ1n) is 5.21. The average molecular weight is 249 g/mol. The van der Waals surface area contributed by atoms with Crippen LogP contribution in [-0.2, 0) is 4.79 Å². The molecular formula is C12H15N3OS. The first-order valence-corrected chi connectivity index (χ1v) is 5.62. The van der Waals surface area contributed by atoms with Crippen LogP contribution < -0.4 is 10.6 Å². The molecule has 1 atom stereocenters. The van der Waals surface area contributed by atoms with E-state index in [-0.39, 0.29) is 5.91 Å². The number of aromatic nitrogens is 1. The van der Waals surface area contributed by atoms with E-state index in [9.17, 15) is 4.79 Å². The topological polar surface area (TPSA) is 54.0 Å². The van der Waals surface area contributed by atoms with Crippen LogP contribution in [0, 0.1) is 0 Å². The Labute approximate surface area is 106 Å². The van der Waals surface area contributed by atoms with Crippen LogP contribution in [0.25, 0.3) is 0 Å². The maximum Gasteiger partial charge on any atom is 0.235 e. The summed E-state index contributed by atoms with van der Waals surface area (Å²) in [6, 6.07) is 5.40. The van der Waals surface area contributed by atoms with Crippen LogP contribution >= 0.6 is 12.2 Å². The molecule has 0 fully saturated rings. The summed E-state index contributed by atoms with van der Waals surface area (Å²) in [6.45, 7) is 4.12. The van der Waals surface area contributed by atoms with Gasteiger partial charge in [0, 0.05) is 19.8 Å². The minimum atomic E-state index is -0.559. The number of likely N-dealkylation sites (N-methyl/N-ethyl adjacent to an activating group) is 1. The second kappa shape index (κ2) is 6.75. The first-order chi connectivity index (χ1) is 8.20. The van der Waals surface area contributed by atoms with Gasteiger partial charge in [0.1, 0.15) is 5.92 Å². The third-order valence-corrected chi connectivity index (χ3v) is 2.55. The number of hydrogen-bond acceptors (Lipinski definition) is 3. The molecule has 0 saturated carbocycles. The summed E-state index contributed by atoms with van der Waals surface area (Å²) in [5.74, 6) is -0.735. The Morgan fingerprint density at radius 1 is 1.65 bits per heavy atom. The van der Waals surface area contributed by atoms with Crippen molar-refractivity contribution in [2.24, 2.45) is 0 Å². The van der Waals surface area contributed by atoms with E-state index in [2.05, 4.69) is 22.2 Å². The Balaban J connectivity index is 2.92. The number of amides is 1. The summed E-state index contributed by atoms with van der Waals surface area (Å²) in [5.41, 5.74) is 0.633. The lowest BCUT2D eigenvalue weighted by Crippen LogP contribution is -2.37. The third kappa shape index (κ3) is 3.64. The Kier molecular flexibility index (Phi) is 5.29. The van der Waals surface area contributed by atoms with Crippen LogP contribution in [-0.4, -0.2) is 29.5 Å². The van der Waals surface area contributed by atoms with Gasteiger partial charge in [0.25, 0.3) is 0 Å². The fraction of sp³-hybridized carbons (Fsp3) is 0.250. The average Bonchev–Trinajstić information content (AvgIpc) is 2.37. The standard InChI is InChI=1S/C12H15N3OS/c1-3-7-15-12(17)10(11(16)13-2)9-6-4-5-8-14-9/h3-6,8,10H,1,7H2,2H3,(H,13,16)(H,15,17). The minimum absolute atomic E-state index is 0.176. The molecule has 0 spiro atoms. The molecule has 0 radical (unpaired) electrons. The van der Waals surface area contributed by atoms with Gasteiger partial charge in [0.15, 0.2) is 0 Å². The van der Waals surface area contributed by atoms with E-state index < -0.39 is 5.92 Å². The fourth-order valence-corrected chi connectivity index (χ4v) is 1.66. The van der Waals surface area contributed by atoms with Gasteiger partial charge in [-0.3, -0.25) is 9.78 Å². The lowest BCUT2D eigenvalue weighted by molar-refractivity contribution is -0.120. The van der Waals surface area contributed by atoms with Gasteiger partial charge in [0.05, 0.1) is 10.7 Å². The minimum Gasteiger partial charge on any atom is -0.375 e. The highest BCUT2D eigenvalue weighted by Gasteiger charge is 2.25. The van der Waals surface area contributed by atoms with Gasteiger partial charge in [-0.05, 0) is 12.1 Å². The highest BCUT2D eigenvalue weighted by molar-refractivity contribution is 7.80. The maximum atomic E-state index is 11.8. The molecule has 0 bridgehead atoms. The van der Waals surface area contributed by atoms with E-state index in [4.69, 9.17) is 12.2 Å². The molecule has 17 heavy (non-hydrogen) atoms. The van der Waals surface area contributed by atoms with E-state index in [0.717, 1.165) is 0 Å². The molecule has 0 aliphatic carbocycles. The van der Waals surface area contributed by atoms with Crippen LogP contribution in [0.4, 0.5) is 0 Å². The van der Waals surface area contributed by atoms with Crippen LogP contribution in [0.15, 0.2) is 37.1 Å². The van der Waals surface area contributed by atoms with Crippen molar-refractivity contribution < 1.29 is 4.79 Å². The van der Waals surface area contributed by atoms with Crippen molar-refractivity contribution >= 4 is 23.1 Å². The van der Waals surface area contributed by atoms with E-state index in [1.54, 1.807) is 31.5 Å². The van der Waals surface area contributed by atoms with Gasteiger partial charge >= 0.3 is 0 Å². The summed E-state index contributed by atoms with van der Waals surface area (Å²) >= 11 is 5.21. The second-order valence-corrected chi connectivity index (χ2v) is 3.78. The number of nitrogens with one attached hydrogen (secondary N) is 2. The van der Waals surface area contributed by atoms with Crippen LogP contribution in [0.1, 0.15) is 11.6 Å². The molecule has 1 aromatic rings. The van der Waals surface area contributed by atoms with Crippen molar-refractivity contribution in [2.75, 3.05) is 13.6 Å². The monoisotopic (exact) mass is 249 g/mol. The number of carbonyl (C=O) groups is 1. The predicted molar refractivity (Wildman–Crippen MR) is 71.8 cm³/mol. The van der Waals surface area contributed by atoms with Crippen molar-refractivity contribution in [3.63, 3.8) is 0 Å². The summed E-state index contributed by atoms with van der Waals surface area (Å²) < 4.78 is 0. The highest BCUT2D eigenvalue weighted by Crippen LogP contribution is 2.14. The van der Waals surface area contributed by atoms with Gasteiger partial charge in [-0.15, -0.1) is 6.58 Å². The Morgan fingerprint density at radius 3 is 2.94 bits per heavy atom. The highest BCUT2D eigenvalue weighted by atomic mass is 32.1. The molecular weight excluding hydrogens is 234 g/mol. The summed E-state index contributed by atoms with van der Waals surface area (Å²) in [4.78, 5) is 16.4. The first kappa shape index (κ1) is 13.3. The van der Waals surface area contributed by atoms with Crippen molar-refractivity contribution in [3.8, 4) is 0 Å². The van der Waals surface area contributed by atoms with Gasteiger partial charge in [-0.25, -0.2) is 0 Å². The SMILES string of the molecule is C=CCNC(=S)C(C(=O)NC)c1ccccn1. The number of rotatable bonds is 5. The molecule has 1 rings (SSSR count). The zero-order chi connectivity index (χ0) is 12.7. The van der Waals surface area contributed by atoms with Crippen LogP contribution in [0.3, 0.4) is 0 Å². The number of carbonyl (C=O) groups excluding carboxylic acids is 1. The molecule has 0 saturated heterocycles. The number of thiocarbonyl (C=S) groups is 1. The van der Waals surface area contributed by atoms with Gasteiger partial charge in [-0.2, -0.15) is 0 Å². The molecule has 2 N–H and O–H groups in total. The lowest BCUT2D eigenvalue weighted by atomic mass is 10.0. The molecule has 0 aliphatic heterocycles. The summed E-state index contributed by atoms with van der Waals surface area (Å²) in [7, 11) is 1.58. The zero-order valence-corrected chi connectivity index (χ0v) is 10.5. The number of nitrogens with zero attached hydrogens (tertiary/aromatic N) is 1. The number of hydrogen-bond donors (Lipinski definition) is 2. The largest absolute Gasteiger partial charge is 0.375 e. The smallest absolute Gasteiger partial charge is 0.235 e. The van der Waals surface area contributed by atoms with Gasteiger partial charge in [0.2, 0.25) is 5.91 Å². The molecule has 1 unspecified atom stereocenters. The Morgan fingerprint density at radius 2 is 2.41 bits per heavy atom. The van der Waals surface area contributed by atoms with Crippen molar-refractivity contribution in [1.82, 2.24) is 15.6 Å². The summed E-state index contributed by atoms with van der Waals surface area (Å²) in [5, 5.41) is 5.55.